The van der Waals surface area contributed by atoms with Gasteiger partial charge in [-0.2, -0.15) is 0 Å². The minimum absolute atomic E-state index is 0.105. The number of rotatable bonds is 4. The predicted molar refractivity (Wildman–Crippen MR) is 99.1 cm³/mol. The molecule has 0 bridgehead atoms. The maximum absolute atomic E-state index is 11.9. The van der Waals surface area contributed by atoms with E-state index in [-0.39, 0.29) is 11.2 Å². The van der Waals surface area contributed by atoms with Crippen molar-refractivity contribution in [3.05, 3.63) is 39.7 Å². The average molecular weight is 347 g/mol. The van der Waals surface area contributed by atoms with Crippen molar-refractivity contribution in [3.8, 4) is 0 Å². The summed E-state index contributed by atoms with van der Waals surface area (Å²) < 4.78 is 1.56. The molecule has 0 atom stereocenters. The summed E-state index contributed by atoms with van der Waals surface area (Å²) in [7, 11) is 0. The quantitative estimate of drug-likeness (QED) is 0.519. The number of nitrogens with two attached hydrogens (primary N) is 1. The van der Waals surface area contributed by atoms with E-state index in [4.69, 9.17) is 5.84 Å². The van der Waals surface area contributed by atoms with Crippen LogP contribution in [0.25, 0.3) is 0 Å². The van der Waals surface area contributed by atoms with E-state index >= 15 is 0 Å². The Hall–Kier alpha value is -1.82. The van der Waals surface area contributed by atoms with E-state index in [2.05, 4.69) is 44.0 Å². The first kappa shape index (κ1) is 18.5. The van der Waals surface area contributed by atoms with Crippen LogP contribution in [0.4, 0.5) is 0 Å². The topological polar surface area (TPSA) is 73.8 Å². The largest absolute Gasteiger partial charge is 0.336 e. The summed E-state index contributed by atoms with van der Waals surface area (Å²) in [5.41, 5.74) is 5.09. The highest BCUT2D eigenvalue weighted by Gasteiger charge is 2.23. The van der Waals surface area contributed by atoms with Crippen LogP contribution in [0.2, 0.25) is 0 Å². The van der Waals surface area contributed by atoms with Crippen molar-refractivity contribution < 1.29 is 4.79 Å². The Morgan fingerprint density at radius 1 is 1.21 bits per heavy atom. The molecule has 24 heavy (non-hydrogen) atoms. The minimum Gasteiger partial charge on any atom is -0.336 e. The third kappa shape index (κ3) is 3.48. The third-order valence-electron chi connectivity index (χ3n) is 4.16. The van der Waals surface area contributed by atoms with Crippen LogP contribution in [0, 0.1) is 20.8 Å². The fourth-order valence-corrected chi connectivity index (χ4v) is 4.06. The van der Waals surface area contributed by atoms with Crippen LogP contribution < -0.4 is 5.84 Å². The highest BCUT2D eigenvalue weighted by atomic mass is 32.2. The average Bonchev–Trinajstić information content (AvgIpc) is 2.78. The number of carbonyl (C=O) groups excluding carboxylic acids is 1. The van der Waals surface area contributed by atoms with Crippen LogP contribution in [0.3, 0.4) is 0 Å². The van der Waals surface area contributed by atoms with E-state index in [1.54, 1.807) is 23.4 Å². The summed E-state index contributed by atoms with van der Waals surface area (Å²) in [6.45, 7) is 13.9. The molecule has 2 N–H and O–H groups in total. The van der Waals surface area contributed by atoms with Gasteiger partial charge < -0.3 is 5.84 Å². The summed E-state index contributed by atoms with van der Waals surface area (Å²) in [5.74, 6) is 7.72. The fourth-order valence-electron chi connectivity index (χ4n) is 3.01. The number of carbonyl (C=O) groups is 1. The Morgan fingerprint density at radius 2 is 1.83 bits per heavy atom. The van der Waals surface area contributed by atoms with Crippen molar-refractivity contribution in [2.45, 2.75) is 64.8 Å². The van der Waals surface area contributed by atoms with Crippen molar-refractivity contribution in [2.24, 2.45) is 0 Å². The maximum Gasteiger partial charge on any atom is 0.210 e. The molecule has 0 radical (unpaired) electrons. The van der Waals surface area contributed by atoms with Gasteiger partial charge in [0.05, 0.1) is 0 Å². The molecule has 2 aromatic rings. The Bertz CT molecular complexity index is 787. The Morgan fingerprint density at radius 3 is 2.33 bits per heavy atom. The van der Waals surface area contributed by atoms with Crippen LogP contribution in [0.15, 0.2) is 11.2 Å². The lowest BCUT2D eigenvalue weighted by molar-refractivity contribution is 0.101. The number of nitrogens with zero attached hydrogens (tertiary/aromatic N) is 3. The molecule has 1 heterocycles. The summed E-state index contributed by atoms with van der Waals surface area (Å²) in [6, 6.07) is 2.08. The predicted octanol–water partition coefficient (Wildman–Crippen LogP) is 3.71. The number of hydrogen-bond donors (Lipinski definition) is 1. The van der Waals surface area contributed by atoms with Crippen LogP contribution in [-0.2, 0) is 11.2 Å². The van der Waals surface area contributed by atoms with Crippen LogP contribution in [0.1, 0.15) is 66.1 Å². The molecule has 1 aromatic heterocycles. The van der Waals surface area contributed by atoms with E-state index < -0.39 is 0 Å². The summed E-state index contributed by atoms with van der Waals surface area (Å²) in [5, 5.41) is 9.12. The van der Waals surface area contributed by atoms with Gasteiger partial charge in [0.15, 0.2) is 11.6 Å². The first-order valence-electron chi connectivity index (χ1n) is 7.98. The van der Waals surface area contributed by atoms with Gasteiger partial charge in [0.2, 0.25) is 5.16 Å². The summed E-state index contributed by atoms with van der Waals surface area (Å²) in [4.78, 5) is 11.9. The van der Waals surface area contributed by atoms with Crippen molar-refractivity contribution >= 4 is 17.5 Å². The van der Waals surface area contributed by atoms with Crippen LogP contribution in [-0.4, -0.2) is 20.7 Å². The number of ketones is 1. The zero-order valence-corrected chi connectivity index (χ0v) is 16.3. The van der Waals surface area contributed by atoms with Gasteiger partial charge in [-0.3, -0.25) is 4.79 Å². The van der Waals surface area contributed by atoms with Crippen molar-refractivity contribution in [2.75, 3.05) is 5.84 Å². The zero-order valence-electron chi connectivity index (χ0n) is 15.5. The zero-order chi connectivity index (χ0) is 18.2. The molecule has 0 amide bonds. The highest BCUT2D eigenvalue weighted by molar-refractivity contribution is 7.98. The number of nitrogen functional groups attached to an aromatic ring is 1. The van der Waals surface area contributed by atoms with Gasteiger partial charge in [0.25, 0.3) is 0 Å². The molecule has 0 saturated heterocycles. The van der Waals surface area contributed by atoms with Gasteiger partial charge in [0.1, 0.15) is 0 Å². The summed E-state index contributed by atoms with van der Waals surface area (Å²) >= 11 is 1.54. The van der Waals surface area contributed by atoms with Gasteiger partial charge in [-0.15, -0.1) is 10.2 Å². The molecule has 0 saturated carbocycles. The van der Waals surface area contributed by atoms with Crippen LogP contribution >= 0.6 is 11.8 Å². The fraction of sp³-hybridized carbons (Fsp3) is 0.500. The highest BCUT2D eigenvalue weighted by Crippen LogP contribution is 2.30. The normalized spacial score (nSPS) is 11.8. The lowest BCUT2D eigenvalue weighted by Crippen LogP contribution is -2.24. The third-order valence-corrected chi connectivity index (χ3v) is 5.13. The number of Topliss-reactive ketones (excluding diaryl/α,β-unsaturated/α-hetero) is 1. The molecule has 1 aromatic carbocycles. The molecule has 0 aliphatic heterocycles. The molecular formula is C18H26N4OS. The molecular weight excluding hydrogens is 320 g/mol. The van der Waals surface area contributed by atoms with Crippen LogP contribution in [0.5, 0.6) is 0 Å². The second-order valence-electron chi connectivity index (χ2n) is 7.26. The Kier molecular flexibility index (Phi) is 5.08. The monoisotopic (exact) mass is 346 g/mol. The molecule has 130 valence electrons. The number of aromatic nitrogens is 3. The van der Waals surface area contributed by atoms with Gasteiger partial charge in [0, 0.05) is 16.7 Å². The molecule has 0 unspecified atom stereocenters. The van der Waals surface area contributed by atoms with Crippen molar-refractivity contribution in [1.82, 2.24) is 14.9 Å². The molecule has 5 nitrogen and oxygen atoms in total. The number of aryl methyl sites for hydroxylation is 2. The number of thioether (sulfide) groups is 1. The Balaban J connectivity index is 2.32. The van der Waals surface area contributed by atoms with Crippen molar-refractivity contribution in [3.63, 3.8) is 0 Å². The molecule has 2 rings (SSSR count). The minimum atomic E-state index is -0.155. The molecule has 0 spiro atoms. The smallest absolute Gasteiger partial charge is 0.210 e. The lowest BCUT2D eigenvalue weighted by Gasteiger charge is -2.17. The van der Waals surface area contributed by atoms with Gasteiger partial charge in [-0.25, -0.2) is 4.68 Å². The first-order valence-corrected chi connectivity index (χ1v) is 8.97. The molecule has 0 aliphatic carbocycles. The SMILES string of the molecule is CC(=O)c1c(C)cc(C)c(CSc2nnc(C(C)(C)C)n2N)c1C. The maximum atomic E-state index is 11.9. The molecule has 0 aliphatic rings. The standard InChI is InChI=1S/C18H26N4OS/c1-10-8-11(2)15(13(4)23)12(3)14(10)9-24-17-21-20-16(22(17)19)18(5,6)7/h8H,9,19H2,1-7H3. The van der Waals surface area contributed by atoms with E-state index in [1.807, 2.05) is 13.8 Å². The van der Waals surface area contributed by atoms with Gasteiger partial charge in [-0.1, -0.05) is 38.6 Å². The van der Waals surface area contributed by atoms with E-state index in [9.17, 15) is 4.79 Å². The second-order valence-corrected chi connectivity index (χ2v) is 8.20. The lowest BCUT2D eigenvalue weighted by atomic mass is 9.92. The Labute approximate surface area is 148 Å². The number of hydrogen-bond acceptors (Lipinski definition) is 5. The second kappa shape index (κ2) is 6.59. The van der Waals surface area contributed by atoms with Gasteiger partial charge in [-0.05, 0) is 49.9 Å². The number of benzene rings is 1. The van der Waals surface area contributed by atoms with Gasteiger partial charge >= 0.3 is 0 Å². The molecule has 6 heteroatoms. The molecule has 0 fully saturated rings. The van der Waals surface area contributed by atoms with E-state index in [1.165, 1.54) is 5.56 Å². The first-order chi connectivity index (χ1) is 11.0. The van der Waals surface area contributed by atoms with E-state index in [0.717, 1.165) is 28.1 Å². The van der Waals surface area contributed by atoms with E-state index in [0.29, 0.717) is 10.9 Å². The van der Waals surface area contributed by atoms with Crippen molar-refractivity contribution in [1.29, 1.82) is 0 Å². The summed E-state index contributed by atoms with van der Waals surface area (Å²) in [6.07, 6.45) is 0.